The minimum Gasteiger partial charge on any atom is -0.290 e. The maximum absolute atomic E-state index is 12.7. The lowest BCUT2D eigenvalue weighted by atomic mass is 9.97. The van der Waals surface area contributed by atoms with E-state index in [1.54, 1.807) is 34.7 Å². The summed E-state index contributed by atoms with van der Waals surface area (Å²) >= 11 is 9.08. The molecule has 0 aliphatic heterocycles. The average molecular weight is 341 g/mol. The standard InChI is InChI=1S/C15H17ClN2OS2/c1-9(16)7-8-20-15-17-13-12(14(19)18(15)2)10-5-3-4-6-11(10)21-13/h7H,3-6,8H2,1-2H3/b9-7+. The van der Waals surface area contributed by atoms with Crippen LogP contribution in [-0.4, -0.2) is 15.3 Å². The van der Waals surface area contributed by atoms with Crippen molar-refractivity contribution in [1.29, 1.82) is 0 Å². The number of halogens is 1. The van der Waals surface area contributed by atoms with E-state index >= 15 is 0 Å². The number of allylic oxidation sites excluding steroid dienone is 1. The summed E-state index contributed by atoms with van der Waals surface area (Å²) in [6.07, 6.45) is 6.45. The third-order valence-corrected chi connectivity index (χ3v) is 6.03. The molecular formula is C15H17ClN2OS2. The van der Waals surface area contributed by atoms with E-state index in [1.165, 1.54) is 23.3 Å². The number of hydrogen-bond donors (Lipinski definition) is 0. The van der Waals surface area contributed by atoms with Crippen LogP contribution in [0.1, 0.15) is 30.2 Å². The van der Waals surface area contributed by atoms with E-state index in [1.807, 2.05) is 13.0 Å². The molecule has 1 aliphatic rings. The summed E-state index contributed by atoms with van der Waals surface area (Å²) in [6.45, 7) is 1.85. The van der Waals surface area contributed by atoms with Crippen LogP contribution in [0.15, 0.2) is 21.1 Å². The molecule has 0 saturated carbocycles. The molecule has 0 amide bonds. The number of thiophene rings is 1. The first-order chi connectivity index (χ1) is 10.1. The van der Waals surface area contributed by atoms with Gasteiger partial charge in [0.1, 0.15) is 4.83 Å². The van der Waals surface area contributed by atoms with Gasteiger partial charge in [-0.15, -0.1) is 11.3 Å². The number of rotatable bonds is 3. The lowest BCUT2D eigenvalue weighted by Gasteiger charge is -2.10. The number of thioether (sulfide) groups is 1. The van der Waals surface area contributed by atoms with Crippen LogP contribution in [0.4, 0.5) is 0 Å². The van der Waals surface area contributed by atoms with Crippen LogP contribution in [0.2, 0.25) is 0 Å². The highest BCUT2D eigenvalue weighted by Crippen LogP contribution is 2.34. The van der Waals surface area contributed by atoms with Crippen LogP contribution in [0, 0.1) is 0 Å². The van der Waals surface area contributed by atoms with Crippen molar-refractivity contribution < 1.29 is 0 Å². The van der Waals surface area contributed by atoms with Crippen LogP contribution >= 0.6 is 34.7 Å². The maximum atomic E-state index is 12.7. The third-order valence-electron chi connectivity index (χ3n) is 3.73. The summed E-state index contributed by atoms with van der Waals surface area (Å²) in [5.74, 6) is 0.728. The van der Waals surface area contributed by atoms with E-state index in [-0.39, 0.29) is 5.56 Å². The molecule has 0 bridgehead atoms. The molecule has 0 spiro atoms. The van der Waals surface area contributed by atoms with Gasteiger partial charge < -0.3 is 0 Å². The first kappa shape index (κ1) is 15.1. The molecule has 112 valence electrons. The van der Waals surface area contributed by atoms with Gasteiger partial charge >= 0.3 is 0 Å². The summed E-state index contributed by atoms with van der Waals surface area (Å²) < 4.78 is 1.67. The summed E-state index contributed by atoms with van der Waals surface area (Å²) in [4.78, 5) is 19.6. The fraction of sp³-hybridized carbons (Fsp3) is 0.467. The predicted octanol–water partition coefficient (Wildman–Crippen LogP) is 4.11. The number of aromatic nitrogens is 2. The lowest BCUT2D eigenvalue weighted by molar-refractivity contribution is 0.695. The molecule has 1 aliphatic carbocycles. The van der Waals surface area contributed by atoms with Gasteiger partial charge in [-0.2, -0.15) is 0 Å². The average Bonchev–Trinajstić information content (AvgIpc) is 2.82. The van der Waals surface area contributed by atoms with Gasteiger partial charge in [-0.05, 0) is 38.2 Å². The van der Waals surface area contributed by atoms with Crippen LogP contribution in [0.3, 0.4) is 0 Å². The zero-order valence-corrected chi connectivity index (χ0v) is 14.5. The molecule has 0 N–H and O–H groups in total. The molecule has 21 heavy (non-hydrogen) atoms. The molecule has 0 unspecified atom stereocenters. The minimum absolute atomic E-state index is 0.0912. The first-order valence-corrected chi connectivity index (χ1v) is 9.22. The Hall–Kier alpha value is -0.780. The lowest BCUT2D eigenvalue weighted by Crippen LogP contribution is -2.20. The second kappa shape index (κ2) is 6.15. The van der Waals surface area contributed by atoms with Gasteiger partial charge in [0.25, 0.3) is 5.56 Å². The maximum Gasteiger partial charge on any atom is 0.262 e. The second-order valence-corrected chi connectivity index (χ2v) is 7.92. The molecule has 2 heterocycles. The Morgan fingerprint density at radius 1 is 1.48 bits per heavy atom. The predicted molar refractivity (Wildman–Crippen MR) is 91.8 cm³/mol. The van der Waals surface area contributed by atoms with Gasteiger partial charge in [0.15, 0.2) is 5.16 Å². The molecule has 6 heteroatoms. The molecule has 0 atom stereocenters. The summed E-state index contributed by atoms with van der Waals surface area (Å²) in [5.41, 5.74) is 1.34. The molecule has 0 fully saturated rings. The highest BCUT2D eigenvalue weighted by Gasteiger charge is 2.21. The van der Waals surface area contributed by atoms with Crippen LogP contribution in [0.5, 0.6) is 0 Å². The molecule has 2 aromatic heterocycles. The summed E-state index contributed by atoms with van der Waals surface area (Å²) in [5, 5.41) is 2.38. The Kier molecular flexibility index (Phi) is 4.43. The molecule has 0 saturated heterocycles. The van der Waals surface area contributed by atoms with Crippen LogP contribution in [-0.2, 0) is 19.9 Å². The van der Waals surface area contributed by atoms with E-state index in [9.17, 15) is 4.79 Å². The van der Waals surface area contributed by atoms with Crippen molar-refractivity contribution >= 4 is 44.9 Å². The van der Waals surface area contributed by atoms with Gasteiger partial charge in [-0.25, -0.2) is 4.98 Å². The highest BCUT2D eigenvalue weighted by atomic mass is 35.5. The normalized spacial score (nSPS) is 15.5. The van der Waals surface area contributed by atoms with Crippen molar-refractivity contribution in [2.75, 3.05) is 5.75 Å². The minimum atomic E-state index is 0.0912. The Balaban J connectivity index is 2.06. The van der Waals surface area contributed by atoms with Crippen molar-refractivity contribution in [3.8, 4) is 0 Å². The van der Waals surface area contributed by atoms with Gasteiger partial charge in [-0.3, -0.25) is 9.36 Å². The fourth-order valence-electron chi connectivity index (χ4n) is 2.63. The summed E-state index contributed by atoms with van der Waals surface area (Å²) in [7, 11) is 1.81. The van der Waals surface area contributed by atoms with Crippen molar-refractivity contribution in [2.45, 2.75) is 37.8 Å². The molecule has 0 aromatic carbocycles. The van der Waals surface area contributed by atoms with Gasteiger partial charge in [0.2, 0.25) is 0 Å². The first-order valence-electron chi connectivity index (χ1n) is 7.04. The number of hydrogen-bond acceptors (Lipinski definition) is 4. The quantitative estimate of drug-likeness (QED) is 0.623. The second-order valence-electron chi connectivity index (χ2n) is 5.25. The van der Waals surface area contributed by atoms with Crippen molar-refractivity contribution in [3.63, 3.8) is 0 Å². The van der Waals surface area contributed by atoms with E-state index in [2.05, 4.69) is 0 Å². The van der Waals surface area contributed by atoms with E-state index in [4.69, 9.17) is 16.6 Å². The van der Waals surface area contributed by atoms with Crippen molar-refractivity contribution in [2.24, 2.45) is 7.05 Å². The smallest absolute Gasteiger partial charge is 0.262 e. The third kappa shape index (κ3) is 2.91. The van der Waals surface area contributed by atoms with Crippen LogP contribution in [0.25, 0.3) is 10.2 Å². The van der Waals surface area contributed by atoms with Gasteiger partial charge in [-0.1, -0.05) is 29.4 Å². The molecule has 2 aromatic rings. The Bertz CT molecular complexity index is 772. The Morgan fingerprint density at radius 3 is 3.00 bits per heavy atom. The van der Waals surface area contributed by atoms with E-state index in [0.29, 0.717) is 0 Å². The number of fused-ring (bicyclic) bond motifs is 3. The topological polar surface area (TPSA) is 34.9 Å². The van der Waals surface area contributed by atoms with E-state index in [0.717, 1.165) is 39.0 Å². The number of aryl methyl sites for hydroxylation is 2. The van der Waals surface area contributed by atoms with Crippen molar-refractivity contribution in [3.05, 3.63) is 31.9 Å². The van der Waals surface area contributed by atoms with Gasteiger partial charge in [0.05, 0.1) is 5.39 Å². The zero-order valence-electron chi connectivity index (χ0n) is 12.1. The molecule has 3 rings (SSSR count). The number of nitrogens with zero attached hydrogens (tertiary/aromatic N) is 2. The van der Waals surface area contributed by atoms with Gasteiger partial charge in [0, 0.05) is 22.7 Å². The fourth-order valence-corrected chi connectivity index (χ4v) is 5.02. The molecular weight excluding hydrogens is 324 g/mol. The Labute approximate surface area is 137 Å². The highest BCUT2D eigenvalue weighted by molar-refractivity contribution is 7.99. The van der Waals surface area contributed by atoms with Crippen LogP contribution < -0.4 is 5.56 Å². The SMILES string of the molecule is C/C(Cl)=C\CSc1nc2sc3c(c2c(=O)n1C)CCCC3. The molecule has 0 radical (unpaired) electrons. The van der Waals surface area contributed by atoms with E-state index < -0.39 is 0 Å². The summed E-state index contributed by atoms with van der Waals surface area (Å²) in [6, 6.07) is 0. The molecule has 3 nitrogen and oxygen atoms in total. The monoisotopic (exact) mass is 340 g/mol. The Morgan fingerprint density at radius 2 is 2.24 bits per heavy atom. The zero-order chi connectivity index (χ0) is 15.0. The largest absolute Gasteiger partial charge is 0.290 e. The van der Waals surface area contributed by atoms with Crippen molar-refractivity contribution in [1.82, 2.24) is 9.55 Å².